The molecule has 0 bridgehead atoms. The van der Waals surface area contributed by atoms with Crippen LogP contribution in [0.25, 0.3) is 0 Å². The molecule has 2 aromatic carbocycles. The van der Waals surface area contributed by atoms with E-state index in [-0.39, 0.29) is 26.7 Å². The molecule has 0 aliphatic carbocycles. The van der Waals surface area contributed by atoms with Gasteiger partial charge in [0.15, 0.2) is 0 Å². The Kier molecular flexibility index (Phi) is 5.25. The van der Waals surface area contributed by atoms with Crippen molar-refractivity contribution in [3.05, 3.63) is 69.0 Å². The van der Waals surface area contributed by atoms with Gasteiger partial charge in [-0.1, -0.05) is 50.4 Å². The fraction of sp³-hybridized carbons (Fsp3) is 0.235. The van der Waals surface area contributed by atoms with Crippen molar-refractivity contribution in [2.24, 2.45) is 5.16 Å². The summed E-state index contributed by atoms with van der Waals surface area (Å²) in [5, 5.41) is 3.96. The highest BCUT2D eigenvalue weighted by Gasteiger charge is 2.62. The van der Waals surface area contributed by atoms with Crippen molar-refractivity contribution in [3.8, 4) is 0 Å². The van der Waals surface area contributed by atoms with E-state index in [0.717, 1.165) is 12.1 Å². The summed E-state index contributed by atoms with van der Waals surface area (Å²) in [6, 6.07) is 7.60. The Labute approximate surface area is 164 Å². The first-order valence-electron chi connectivity index (χ1n) is 7.29. The maximum atomic E-state index is 13.9. The van der Waals surface area contributed by atoms with E-state index in [1.807, 2.05) is 0 Å². The number of halogens is 7. The molecule has 0 fully saturated rings. The summed E-state index contributed by atoms with van der Waals surface area (Å²) in [4.78, 5) is 4.91. The van der Waals surface area contributed by atoms with Crippen molar-refractivity contribution in [2.45, 2.75) is 23.5 Å². The van der Waals surface area contributed by atoms with Crippen LogP contribution in [-0.2, 0) is 15.8 Å². The SMILES string of the molecule is Fc1ccc(C2=NOC(c3cc(Cl)cc(Cl)c3)(C(F)(F)F)C2)cc1CBr. The van der Waals surface area contributed by atoms with Crippen LogP contribution < -0.4 is 0 Å². The first-order valence-corrected chi connectivity index (χ1v) is 9.17. The minimum Gasteiger partial charge on any atom is -0.374 e. The zero-order valence-corrected chi connectivity index (χ0v) is 16.0. The highest BCUT2D eigenvalue weighted by molar-refractivity contribution is 9.08. The van der Waals surface area contributed by atoms with E-state index in [2.05, 4.69) is 21.1 Å². The quantitative estimate of drug-likeness (QED) is 0.365. The summed E-state index contributed by atoms with van der Waals surface area (Å²) in [7, 11) is 0. The van der Waals surface area contributed by atoms with E-state index >= 15 is 0 Å². The van der Waals surface area contributed by atoms with E-state index in [0.29, 0.717) is 11.1 Å². The van der Waals surface area contributed by atoms with E-state index in [4.69, 9.17) is 28.0 Å². The summed E-state index contributed by atoms with van der Waals surface area (Å²) in [6.07, 6.45) is -5.36. The number of benzene rings is 2. The molecule has 0 saturated heterocycles. The molecule has 26 heavy (non-hydrogen) atoms. The Morgan fingerprint density at radius 2 is 1.77 bits per heavy atom. The average molecular weight is 471 g/mol. The smallest absolute Gasteiger partial charge is 0.374 e. The van der Waals surface area contributed by atoms with Gasteiger partial charge in [-0.3, -0.25) is 0 Å². The second-order valence-electron chi connectivity index (χ2n) is 5.73. The van der Waals surface area contributed by atoms with Crippen LogP contribution in [0.2, 0.25) is 10.0 Å². The number of hydrogen-bond acceptors (Lipinski definition) is 2. The third-order valence-electron chi connectivity index (χ3n) is 4.04. The Bertz CT molecular complexity index is 867. The molecule has 0 amide bonds. The van der Waals surface area contributed by atoms with Crippen LogP contribution in [-0.4, -0.2) is 11.9 Å². The highest BCUT2D eigenvalue weighted by atomic mass is 79.9. The van der Waals surface area contributed by atoms with Crippen LogP contribution in [0.5, 0.6) is 0 Å². The van der Waals surface area contributed by atoms with Crippen molar-refractivity contribution in [3.63, 3.8) is 0 Å². The fourth-order valence-corrected chi connectivity index (χ4v) is 3.66. The van der Waals surface area contributed by atoms with Gasteiger partial charge in [0.2, 0.25) is 0 Å². The van der Waals surface area contributed by atoms with Gasteiger partial charge in [-0.05, 0) is 41.5 Å². The first kappa shape index (κ1) is 19.5. The minimum atomic E-state index is -4.77. The van der Waals surface area contributed by atoms with Gasteiger partial charge >= 0.3 is 6.18 Å². The van der Waals surface area contributed by atoms with E-state index in [1.165, 1.54) is 24.3 Å². The van der Waals surface area contributed by atoms with Crippen LogP contribution in [0.3, 0.4) is 0 Å². The van der Waals surface area contributed by atoms with Crippen LogP contribution in [0.15, 0.2) is 41.6 Å². The predicted octanol–water partition coefficient (Wildman–Crippen LogP) is 6.61. The fourth-order valence-electron chi connectivity index (χ4n) is 2.70. The summed E-state index contributed by atoms with van der Waals surface area (Å²) in [5.41, 5.74) is -2.25. The molecule has 1 heterocycles. The summed E-state index contributed by atoms with van der Waals surface area (Å²) < 4.78 is 55.4. The summed E-state index contributed by atoms with van der Waals surface area (Å²) >= 11 is 14.9. The van der Waals surface area contributed by atoms with Gasteiger partial charge in [0.05, 0.1) is 5.71 Å². The number of nitrogens with zero attached hydrogens (tertiary/aromatic N) is 1. The molecule has 3 rings (SSSR count). The molecular weight excluding hydrogens is 461 g/mol. The van der Waals surface area contributed by atoms with Crippen LogP contribution in [0.4, 0.5) is 17.6 Å². The third kappa shape index (κ3) is 3.44. The number of rotatable bonds is 3. The van der Waals surface area contributed by atoms with Crippen LogP contribution >= 0.6 is 39.1 Å². The molecule has 1 aliphatic rings. The predicted molar refractivity (Wildman–Crippen MR) is 95.5 cm³/mol. The monoisotopic (exact) mass is 469 g/mol. The van der Waals surface area contributed by atoms with Crippen molar-refractivity contribution in [1.82, 2.24) is 0 Å². The minimum absolute atomic E-state index is 0.0523. The molecule has 2 nitrogen and oxygen atoms in total. The molecule has 1 aliphatic heterocycles. The largest absolute Gasteiger partial charge is 0.435 e. The maximum absolute atomic E-state index is 13.9. The van der Waals surface area contributed by atoms with E-state index in [1.54, 1.807) is 0 Å². The average Bonchev–Trinajstić information content (AvgIpc) is 3.01. The van der Waals surface area contributed by atoms with Gasteiger partial charge in [0.25, 0.3) is 5.60 Å². The molecule has 0 radical (unpaired) electrons. The van der Waals surface area contributed by atoms with Crippen LogP contribution in [0.1, 0.15) is 23.1 Å². The lowest BCUT2D eigenvalue weighted by atomic mass is 9.86. The lowest BCUT2D eigenvalue weighted by Crippen LogP contribution is -2.42. The van der Waals surface area contributed by atoms with Gasteiger partial charge in [-0.15, -0.1) is 0 Å². The molecule has 9 heteroatoms. The van der Waals surface area contributed by atoms with Gasteiger partial charge in [-0.25, -0.2) is 4.39 Å². The molecule has 0 saturated carbocycles. The standard InChI is InChI=1S/C17H10BrCl2F4NO/c18-8-10-3-9(1-2-14(10)21)15-7-16(26-25-15,17(22,23)24)11-4-12(19)6-13(20)5-11/h1-6H,7-8H2. The summed E-state index contributed by atoms with van der Waals surface area (Å²) in [5.74, 6) is -0.464. The summed E-state index contributed by atoms with van der Waals surface area (Å²) in [6.45, 7) is 0. The zero-order chi connectivity index (χ0) is 19.1. The Hall–Kier alpha value is -1.31. The normalized spacial score (nSPS) is 20.0. The van der Waals surface area contributed by atoms with E-state index < -0.39 is 24.0 Å². The van der Waals surface area contributed by atoms with Gasteiger partial charge in [-0.2, -0.15) is 13.2 Å². The van der Waals surface area contributed by atoms with Crippen LogP contribution in [0, 0.1) is 5.82 Å². The topological polar surface area (TPSA) is 21.6 Å². The van der Waals surface area contributed by atoms with E-state index in [9.17, 15) is 17.6 Å². The van der Waals surface area contributed by atoms with Gasteiger partial charge in [0, 0.05) is 27.4 Å². The second-order valence-corrected chi connectivity index (χ2v) is 7.16. The van der Waals surface area contributed by atoms with Gasteiger partial charge in [0.1, 0.15) is 5.82 Å². The number of alkyl halides is 4. The van der Waals surface area contributed by atoms with Crippen molar-refractivity contribution < 1.29 is 22.4 Å². The molecule has 2 aromatic rings. The first-order chi connectivity index (χ1) is 12.2. The molecule has 1 atom stereocenters. The Morgan fingerprint density at radius 1 is 1.12 bits per heavy atom. The molecule has 138 valence electrons. The molecule has 1 unspecified atom stereocenters. The van der Waals surface area contributed by atoms with Gasteiger partial charge < -0.3 is 4.84 Å². The molecule has 0 spiro atoms. The molecular formula is C17H10BrCl2F4NO. The lowest BCUT2D eigenvalue weighted by Gasteiger charge is -2.29. The highest BCUT2D eigenvalue weighted by Crippen LogP contribution is 2.49. The Morgan fingerprint density at radius 3 is 2.35 bits per heavy atom. The number of hydrogen-bond donors (Lipinski definition) is 0. The lowest BCUT2D eigenvalue weighted by molar-refractivity contribution is -0.275. The van der Waals surface area contributed by atoms with Crippen molar-refractivity contribution >= 4 is 44.8 Å². The van der Waals surface area contributed by atoms with Crippen molar-refractivity contribution in [1.29, 1.82) is 0 Å². The zero-order valence-electron chi connectivity index (χ0n) is 12.9. The third-order valence-corrected chi connectivity index (χ3v) is 5.08. The second kappa shape index (κ2) is 7.02. The molecule has 0 N–H and O–H groups in total. The maximum Gasteiger partial charge on any atom is 0.435 e. The Balaban J connectivity index is 2.04. The molecule has 0 aromatic heterocycles. The number of oxime groups is 1. The van der Waals surface area contributed by atoms with Crippen molar-refractivity contribution in [2.75, 3.05) is 0 Å².